The van der Waals surface area contributed by atoms with Crippen LogP contribution in [0.3, 0.4) is 0 Å². The van der Waals surface area contributed by atoms with Crippen molar-refractivity contribution in [1.29, 1.82) is 0 Å². The minimum Gasteiger partial charge on any atom is -0.339 e. The van der Waals surface area contributed by atoms with Crippen molar-refractivity contribution in [2.75, 3.05) is 5.32 Å². The van der Waals surface area contributed by atoms with Crippen LogP contribution in [-0.2, 0) is 9.84 Å². The first kappa shape index (κ1) is 16.0. The summed E-state index contributed by atoms with van der Waals surface area (Å²) in [5.74, 6) is 0.358. The van der Waals surface area contributed by atoms with Crippen LogP contribution < -0.4 is 5.32 Å². The van der Waals surface area contributed by atoms with Gasteiger partial charge >= 0.3 is 0 Å². The number of nitrogens with one attached hydrogen (secondary N) is 1. The second-order valence-corrected chi connectivity index (χ2v) is 7.83. The van der Waals surface area contributed by atoms with Crippen molar-refractivity contribution in [3.8, 4) is 0 Å². The van der Waals surface area contributed by atoms with Crippen LogP contribution in [0.5, 0.6) is 0 Å². The Hall–Kier alpha value is -1.37. The van der Waals surface area contributed by atoms with E-state index < -0.39 is 15.1 Å². The fourth-order valence-corrected chi connectivity index (χ4v) is 2.90. The molecule has 1 aromatic carbocycles. The Kier molecular flexibility index (Phi) is 4.70. The number of anilines is 2. The fraction of sp³-hybridized carbons (Fsp3) is 0.231. The van der Waals surface area contributed by atoms with Crippen molar-refractivity contribution >= 4 is 44.5 Å². The Labute approximate surface area is 133 Å². The van der Waals surface area contributed by atoms with E-state index in [0.29, 0.717) is 16.5 Å². The van der Waals surface area contributed by atoms with E-state index in [4.69, 9.17) is 23.2 Å². The molecule has 5 nitrogen and oxygen atoms in total. The highest BCUT2D eigenvalue weighted by molar-refractivity contribution is 7.92. The molecule has 2 aromatic rings. The summed E-state index contributed by atoms with van der Waals surface area (Å²) < 4.78 is 24.0. The Morgan fingerprint density at radius 3 is 2.33 bits per heavy atom. The van der Waals surface area contributed by atoms with E-state index in [2.05, 4.69) is 15.3 Å². The van der Waals surface area contributed by atoms with Crippen molar-refractivity contribution < 1.29 is 8.42 Å². The minimum absolute atomic E-state index is 0.0703. The molecule has 0 aliphatic heterocycles. The average molecular weight is 346 g/mol. The van der Waals surface area contributed by atoms with E-state index in [0.717, 1.165) is 0 Å². The lowest BCUT2D eigenvalue weighted by atomic mass is 10.3. The third-order valence-electron chi connectivity index (χ3n) is 2.78. The number of benzene rings is 1. The summed E-state index contributed by atoms with van der Waals surface area (Å²) in [4.78, 5) is 7.98. The highest BCUT2D eigenvalue weighted by Crippen LogP contribution is 2.25. The molecule has 0 bridgehead atoms. The SMILES string of the molecule is CC(C)S(=O)(=O)c1ccc(Nc2nc(Cl)ncc2Cl)cc1. The van der Waals surface area contributed by atoms with Crippen LogP contribution in [-0.4, -0.2) is 23.6 Å². The molecule has 0 aliphatic carbocycles. The number of aromatic nitrogens is 2. The van der Waals surface area contributed by atoms with Crippen molar-refractivity contribution in [3.63, 3.8) is 0 Å². The summed E-state index contributed by atoms with van der Waals surface area (Å²) in [6.45, 7) is 3.29. The largest absolute Gasteiger partial charge is 0.339 e. The number of nitrogens with zero attached hydrogens (tertiary/aromatic N) is 2. The normalized spacial score (nSPS) is 11.7. The molecule has 112 valence electrons. The topological polar surface area (TPSA) is 72.0 Å². The van der Waals surface area contributed by atoms with Crippen LogP contribution in [0.15, 0.2) is 35.4 Å². The number of hydrogen-bond acceptors (Lipinski definition) is 5. The second kappa shape index (κ2) is 6.17. The number of hydrogen-bond donors (Lipinski definition) is 1. The predicted molar refractivity (Wildman–Crippen MR) is 84.1 cm³/mol. The van der Waals surface area contributed by atoms with Crippen LogP contribution in [0, 0.1) is 0 Å². The maximum atomic E-state index is 12.0. The monoisotopic (exact) mass is 345 g/mol. The van der Waals surface area contributed by atoms with Crippen LogP contribution in [0.1, 0.15) is 13.8 Å². The first-order chi connectivity index (χ1) is 9.80. The lowest BCUT2D eigenvalue weighted by Crippen LogP contribution is -2.13. The van der Waals surface area contributed by atoms with Gasteiger partial charge in [-0.25, -0.2) is 13.4 Å². The third-order valence-corrected chi connectivity index (χ3v) is 5.41. The Morgan fingerprint density at radius 1 is 1.14 bits per heavy atom. The van der Waals surface area contributed by atoms with Gasteiger partial charge in [0.1, 0.15) is 5.02 Å². The Bertz CT molecular complexity index is 747. The highest BCUT2D eigenvalue weighted by Gasteiger charge is 2.18. The molecule has 1 N–H and O–H groups in total. The zero-order valence-electron chi connectivity index (χ0n) is 11.3. The molecule has 0 unspecified atom stereocenters. The van der Waals surface area contributed by atoms with Gasteiger partial charge < -0.3 is 5.32 Å². The summed E-state index contributed by atoms with van der Waals surface area (Å²) in [5.41, 5.74) is 0.648. The third kappa shape index (κ3) is 3.64. The van der Waals surface area contributed by atoms with E-state index in [1.165, 1.54) is 18.3 Å². The van der Waals surface area contributed by atoms with Gasteiger partial charge in [0.2, 0.25) is 5.28 Å². The van der Waals surface area contributed by atoms with Gasteiger partial charge in [0.15, 0.2) is 15.7 Å². The van der Waals surface area contributed by atoms with E-state index in [-0.39, 0.29) is 10.2 Å². The van der Waals surface area contributed by atoms with Gasteiger partial charge in [-0.3, -0.25) is 0 Å². The lowest BCUT2D eigenvalue weighted by molar-refractivity contribution is 0.587. The summed E-state index contributed by atoms with van der Waals surface area (Å²) in [7, 11) is -3.28. The number of sulfone groups is 1. The first-order valence-corrected chi connectivity index (χ1v) is 8.40. The quantitative estimate of drug-likeness (QED) is 0.855. The molecular weight excluding hydrogens is 333 g/mol. The van der Waals surface area contributed by atoms with Crippen molar-refractivity contribution in [2.24, 2.45) is 0 Å². The number of rotatable bonds is 4. The van der Waals surface area contributed by atoms with Crippen molar-refractivity contribution in [2.45, 2.75) is 24.0 Å². The zero-order valence-corrected chi connectivity index (χ0v) is 13.7. The molecular formula is C13H13Cl2N3O2S. The van der Waals surface area contributed by atoms with Crippen LogP contribution in [0.2, 0.25) is 10.3 Å². The molecule has 2 rings (SSSR count). The van der Waals surface area contributed by atoms with Crippen molar-refractivity contribution in [3.05, 3.63) is 40.8 Å². The predicted octanol–water partition coefficient (Wildman–Crippen LogP) is 3.71. The molecule has 1 aromatic heterocycles. The van der Waals surface area contributed by atoms with Crippen molar-refractivity contribution in [1.82, 2.24) is 9.97 Å². The van der Waals surface area contributed by atoms with Gasteiger partial charge in [0.25, 0.3) is 0 Å². The number of halogens is 2. The summed E-state index contributed by atoms with van der Waals surface area (Å²) in [5, 5.41) is 2.88. The smallest absolute Gasteiger partial charge is 0.224 e. The van der Waals surface area contributed by atoms with E-state index in [1.807, 2.05) is 0 Å². The standard InChI is InChI=1S/C13H13Cl2N3O2S/c1-8(2)21(19,20)10-5-3-9(4-6-10)17-12-11(14)7-16-13(15)18-12/h3-8H,1-2H3,(H,16,17,18). The molecule has 8 heteroatoms. The minimum atomic E-state index is -3.28. The van der Waals surface area contributed by atoms with Gasteiger partial charge in [-0.1, -0.05) is 11.6 Å². The second-order valence-electron chi connectivity index (χ2n) is 4.58. The lowest BCUT2D eigenvalue weighted by Gasteiger charge is -2.10. The zero-order chi connectivity index (χ0) is 15.6. The van der Waals surface area contributed by atoms with Gasteiger partial charge in [0.05, 0.1) is 16.3 Å². The molecule has 0 atom stereocenters. The molecule has 0 fully saturated rings. The molecule has 0 spiro atoms. The van der Waals surface area contributed by atoms with Gasteiger partial charge in [-0.2, -0.15) is 4.98 Å². The molecule has 21 heavy (non-hydrogen) atoms. The fourth-order valence-electron chi connectivity index (χ4n) is 1.57. The van der Waals surface area contributed by atoms with E-state index in [9.17, 15) is 8.42 Å². The molecule has 0 saturated heterocycles. The Balaban J connectivity index is 2.26. The van der Waals surface area contributed by atoms with Gasteiger partial charge in [-0.15, -0.1) is 0 Å². The summed E-state index contributed by atoms with van der Waals surface area (Å²) in [6.07, 6.45) is 1.39. The highest BCUT2D eigenvalue weighted by atomic mass is 35.5. The molecule has 0 amide bonds. The molecule has 1 heterocycles. The maximum absolute atomic E-state index is 12.0. The average Bonchev–Trinajstić information content (AvgIpc) is 2.43. The van der Waals surface area contributed by atoms with E-state index >= 15 is 0 Å². The first-order valence-electron chi connectivity index (χ1n) is 6.09. The molecule has 0 aliphatic rings. The summed E-state index contributed by atoms with van der Waals surface area (Å²) in [6, 6.07) is 6.35. The summed E-state index contributed by atoms with van der Waals surface area (Å²) >= 11 is 11.7. The van der Waals surface area contributed by atoms with Crippen LogP contribution >= 0.6 is 23.2 Å². The molecule has 0 radical (unpaired) electrons. The van der Waals surface area contributed by atoms with Gasteiger partial charge in [0, 0.05) is 5.69 Å². The van der Waals surface area contributed by atoms with Gasteiger partial charge in [-0.05, 0) is 49.7 Å². The van der Waals surface area contributed by atoms with Crippen LogP contribution in [0.4, 0.5) is 11.5 Å². The van der Waals surface area contributed by atoms with Crippen LogP contribution in [0.25, 0.3) is 0 Å². The van der Waals surface area contributed by atoms with E-state index in [1.54, 1.807) is 26.0 Å². The molecule has 0 saturated carbocycles. The maximum Gasteiger partial charge on any atom is 0.224 e. The Morgan fingerprint density at radius 2 is 1.76 bits per heavy atom.